The molecule has 0 bridgehead atoms. The van der Waals surface area contributed by atoms with Gasteiger partial charge in [-0.3, -0.25) is 0 Å². The van der Waals surface area contributed by atoms with Gasteiger partial charge in [0, 0.05) is 0 Å². The van der Waals surface area contributed by atoms with Gasteiger partial charge in [-0.2, -0.15) is 4.39 Å². The molecule has 0 spiro atoms. The Morgan fingerprint density at radius 1 is 1.00 bits per heavy atom. The van der Waals surface area contributed by atoms with E-state index in [-0.39, 0.29) is 5.75 Å². The van der Waals surface area contributed by atoms with E-state index in [1.165, 1.54) is 12.1 Å². The number of aryl methyl sites for hydroxylation is 1. The first-order valence-electron chi connectivity index (χ1n) is 5.79. The monoisotopic (exact) mass is 282 g/mol. The SMILES string of the molecule is CCc1ccccc1OC(F)(CF)C(F)(CF)CF. The molecule has 0 N–H and O–H groups in total. The Morgan fingerprint density at radius 3 is 2.05 bits per heavy atom. The molecular weight excluding hydrogens is 267 g/mol. The van der Waals surface area contributed by atoms with Crippen LogP contribution < -0.4 is 4.74 Å². The number of halogens is 5. The number of rotatable bonds is 7. The van der Waals surface area contributed by atoms with Gasteiger partial charge < -0.3 is 4.74 Å². The highest BCUT2D eigenvalue weighted by molar-refractivity contribution is 5.34. The third-order valence-electron chi connectivity index (χ3n) is 2.89. The van der Waals surface area contributed by atoms with Gasteiger partial charge in [0.2, 0.25) is 5.67 Å². The minimum absolute atomic E-state index is 0.130. The van der Waals surface area contributed by atoms with E-state index in [0.717, 1.165) is 0 Å². The Kier molecular flexibility index (Phi) is 5.14. The molecular formula is C13H15F5O. The molecule has 0 aliphatic carbocycles. The van der Waals surface area contributed by atoms with Crippen molar-refractivity contribution in [1.29, 1.82) is 0 Å². The summed E-state index contributed by atoms with van der Waals surface area (Å²) in [5.41, 5.74) is -3.18. The first-order valence-corrected chi connectivity index (χ1v) is 5.79. The summed E-state index contributed by atoms with van der Waals surface area (Å²) in [4.78, 5) is 0. The van der Waals surface area contributed by atoms with Gasteiger partial charge in [0.25, 0.3) is 0 Å². The molecule has 6 heteroatoms. The van der Waals surface area contributed by atoms with Crippen LogP contribution in [0.2, 0.25) is 0 Å². The van der Waals surface area contributed by atoms with Crippen LogP contribution in [-0.4, -0.2) is 31.5 Å². The van der Waals surface area contributed by atoms with Gasteiger partial charge in [-0.05, 0) is 18.1 Å². The molecule has 1 nitrogen and oxygen atoms in total. The summed E-state index contributed by atoms with van der Waals surface area (Å²) in [6, 6.07) is 5.96. The van der Waals surface area contributed by atoms with Gasteiger partial charge in [-0.25, -0.2) is 17.6 Å². The second-order valence-corrected chi connectivity index (χ2v) is 4.16. The number of hydrogen-bond donors (Lipinski definition) is 0. The lowest BCUT2D eigenvalue weighted by molar-refractivity contribution is -0.197. The van der Waals surface area contributed by atoms with Crippen LogP contribution in [0.3, 0.4) is 0 Å². The summed E-state index contributed by atoms with van der Waals surface area (Å²) in [6.45, 7) is -4.30. The summed E-state index contributed by atoms with van der Waals surface area (Å²) in [5, 5.41) is 0. The number of benzene rings is 1. The van der Waals surface area contributed by atoms with Crippen LogP contribution in [0.15, 0.2) is 24.3 Å². The smallest absolute Gasteiger partial charge is 0.315 e. The highest BCUT2D eigenvalue weighted by atomic mass is 19.2. The minimum atomic E-state index is -3.69. The van der Waals surface area contributed by atoms with Crippen molar-refractivity contribution in [2.24, 2.45) is 0 Å². The Labute approximate surface area is 108 Å². The van der Waals surface area contributed by atoms with E-state index in [1.807, 2.05) is 0 Å². The van der Waals surface area contributed by atoms with Gasteiger partial charge >= 0.3 is 5.85 Å². The van der Waals surface area contributed by atoms with Gasteiger partial charge in [0.15, 0.2) is 6.67 Å². The molecule has 0 saturated heterocycles. The standard InChI is InChI=1S/C13H15F5O/c1-2-10-5-3-4-6-11(10)19-13(18,9-16)12(17,7-14)8-15/h3-6H,2,7-9H2,1H3. The van der Waals surface area contributed by atoms with Crippen LogP contribution in [0.1, 0.15) is 12.5 Å². The van der Waals surface area contributed by atoms with Crippen molar-refractivity contribution in [3.05, 3.63) is 29.8 Å². The van der Waals surface area contributed by atoms with E-state index in [2.05, 4.69) is 4.74 Å². The van der Waals surface area contributed by atoms with Crippen molar-refractivity contribution >= 4 is 0 Å². The molecule has 19 heavy (non-hydrogen) atoms. The number of alkyl halides is 5. The maximum absolute atomic E-state index is 14.1. The fourth-order valence-electron chi connectivity index (χ4n) is 1.54. The minimum Gasteiger partial charge on any atom is -0.452 e. The van der Waals surface area contributed by atoms with E-state index < -0.39 is 31.5 Å². The lowest BCUT2D eigenvalue weighted by Crippen LogP contribution is -2.57. The zero-order valence-corrected chi connectivity index (χ0v) is 10.4. The van der Waals surface area contributed by atoms with E-state index in [9.17, 15) is 22.0 Å². The maximum atomic E-state index is 14.1. The fraction of sp³-hybridized carbons (Fsp3) is 0.538. The first-order chi connectivity index (χ1) is 8.96. The summed E-state index contributed by atoms with van der Waals surface area (Å²) in [7, 11) is 0. The van der Waals surface area contributed by atoms with Gasteiger partial charge in [0.1, 0.15) is 19.1 Å². The maximum Gasteiger partial charge on any atom is 0.315 e. The molecule has 0 radical (unpaired) electrons. The average Bonchev–Trinajstić information content (AvgIpc) is 2.46. The highest BCUT2D eigenvalue weighted by Gasteiger charge is 2.57. The van der Waals surface area contributed by atoms with Crippen LogP contribution >= 0.6 is 0 Å². The van der Waals surface area contributed by atoms with Gasteiger partial charge in [0.05, 0.1) is 0 Å². The largest absolute Gasteiger partial charge is 0.452 e. The van der Waals surface area contributed by atoms with E-state index in [1.54, 1.807) is 19.1 Å². The second kappa shape index (κ2) is 6.21. The zero-order chi connectivity index (χ0) is 14.5. The molecule has 1 rings (SSSR count). The summed E-state index contributed by atoms with van der Waals surface area (Å²) in [6.07, 6.45) is 0.420. The van der Waals surface area contributed by atoms with Gasteiger partial charge in [-0.15, -0.1) is 0 Å². The van der Waals surface area contributed by atoms with E-state index in [0.29, 0.717) is 12.0 Å². The van der Waals surface area contributed by atoms with E-state index in [4.69, 9.17) is 0 Å². The van der Waals surface area contributed by atoms with E-state index >= 15 is 0 Å². The Balaban J connectivity index is 3.11. The molecule has 1 unspecified atom stereocenters. The van der Waals surface area contributed by atoms with Gasteiger partial charge in [-0.1, -0.05) is 25.1 Å². The molecule has 1 atom stereocenters. The normalized spacial score (nSPS) is 15.1. The molecule has 0 aliphatic heterocycles. The predicted octanol–water partition coefficient (Wildman–Crippen LogP) is 3.91. The van der Waals surface area contributed by atoms with Crippen LogP contribution in [0, 0.1) is 0 Å². The number of hydrogen-bond acceptors (Lipinski definition) is 1. The molecule has 0 heterocycles. The lowest BCUT2D eigenvalue weighted by atomic mass is 10.00. The van der Waals surface area contributed by atoms with Crippen LogP contribution in [0.5, 0.6) is 5.75 Å². The number of para-hydroxylation sites is 1. The van der Waals surface area contributed by atoms with Crippen molar-refractivity contribution in [2.75, 3.05) is 20.0 Å². The third-order valence-corrected chi connectivity index (χ3v) is 2.89. The van der Waals surface area contributed by atoms with Crippen LogP contribution in [-0.2, 0) is 6.42 Å². The molecule has 0 amide bonds. The average molecular weight is 282 g/mol. The molecule has 1 aromatic carbocycles. The zero-order valence-electron chi connectivity index (χ0n) is 10.4. The molecule has 0 aliphatic rings. The highest BCUT2D eigenvalue weighted by Crippen LogP contribution is 2.36. The van der Waals surface area contributed by atoms with Crippen molar-refractivity contribution in [2.45, 2.75) is 24.9 Å². The predicted molar refractivity (Wildman–Crippen MR) is 62.1 cm³/mol. The lowest BCUT2D eigenvalue weighted by Gasteiger charge is -2.34. The number of ether oxygens (including phenoxy) is 1. The molecule has 1 aromatic rings. The quantitative estimate of drug-likeness (QED) is 0.689. The second-order valence-electron chi connectivity index (χ2n) is 4.16. The topological polar surface area (TPSA) is 9.23 Å². The summed E-state index contributed by atoms with van der Waals surface area (Å²) >= 11 is 0. The van der Waals surface area contributed by atoms with Crippen molar-refractivity contribution in [3.8, 4) is 5.75 Å². The third kappa shape index (κ3) is 2.98. The molecule has 0 fully saturated rings. The summed E-state index contributed by atoms with van der Waals surface area (Å²) in [5.74, 6) is -3.82. The fourth-order valence-corrected chi connectivity index (χ4v) is 1.54. The van der Waals surface area contributed by atoms with Crippen LogP contribution in [0.25, 0.3) is 0 Å². The molecule has 0 aromatic heterocycles. The Hall–Kier alpha value is -1.33. The van der Waals surface area contributed by atoms with Crippen molar-refractivity contribution in [1.82, 2.24) is 0 Å². The Morgan fingerprint density at radius 2 is 1.58 bits per heavy atom. The van der Waals surface area contributed by atoms with Crippen molar-refractivity contribution < 1.29 is 26.7 Å². The Bertz CT molecular complexity index is 408. The van der Waals surface area contributed by atoms with Crippen LogP contribution in [0.4, 0.5) is 22.0 Å². The molecule has 0 saturated carbocycles. The first kappa shape index (κ1) is 15.7. The summed E-state index contributed by atoms with van der Waals surface area (Å²) < 4.78 is 70.2. The molecule has 108 valence electrons. The van der Waals surface area contributed by atoms with Crippen molar-refractivity contribution in [3.63, 3.8) is 0 Å².